The second-order valence-electron chi connectivity index (χ2n) is 2.61. The highest BCUT2D eigenvalue weighted by Gasteiger charge is 2.05. The zero-order valence-corrected chi connectivity index (χ0v) is 10.7. The SMILES string of the molecule is CSCC(=O)Nc1cc(Br)ccc1Cl. The lowest BCUT2D eigenvalue weighted by Crippen LogP contribution is -2.13. The number of rotatable bonds is 3. The Hall–Kier alpha value is -0.190. The topological polar surface area (TPSA) is 29.1 Å². The van der Waals surface area contributed by atoms with Crippen LogP contribution >= 0.6 is 39.3 Å². The average molecular weight is 295 g/mol. The van der Waals surface area contributed by atoms with Crippen molar-refractivity contribution in [2.45, 2.75) is 0 Å². The Labute approximate surface area is 101 Å². The molecule has 0 spiro atoms. The summed E-state index contributed by atoms with van der Waals surface area (Å²) in [6.45, 7) is 0. The lowest BCUT2D eigenvalue weighted by molar-refractivity contribution is -0.113. The predicted octanol–water partition coefficient (Wildman–Crippen LogP) is 3.40. The lowest BCUT2D eigenvalue weighted by Gasteiger charge is -2.06. The second-order valence-corrected chi connectivity index (χ2v) is 4.79. The van der Waals surface area contributed by atoms with E-state index >= 15 is 0 Å². The van der Waals surface area contributed by atoms with E-state index in [4.69, 9.17) is 11.6 Å². The molecule has 1 N–H and O–H groups in total. The van der Waals surface area contributed by atoms with Crippen LogP contribution in [0.5, 0.6) is 0 Å². The highest BCUT2D eigenvalue weighted by atomic mass is 79.9. The maximum Gasteiger partial charge on any atom is 0.234 e. The van der Waals surface area contributed by atoms with Gasteiger partial charge in [-0.05, 0) is 24.5 Å². The Balaban J connectivity index is 2.75. The summed E-state index contributed by atoms with van der Waals surface area (Å²) in [4.78, 5) is 11.3. The maximum absolute atomic E-state index is 11.3. The molecule has 1 aromatic rings. The molecule has 1 aromatic carbocycles. The number of hydrogen-bond donors (Lipinski definition) is 1. The van der Waals surface area contributed by atoms with Gasteiger partial charge >= 0.3 is 0 Å². The van der Waals surface area contributed by atoms with Crippen molar-refractivity contribution in [1.82, 2.24) is 0 Å². The van der Waals surface area contributed by atoms with Crippen LogP contribution in [0.2, 0.25) is 5.02 Å². The van der Waals surface area contributed by atoms with Gasteiger partial charge in [-0.25, -0.2) is 0 Å². The third-order valence-corrected chi connectivity index (χ3v) is 2.85. The highest BCUT2D eigenvalue weighted by molar-refractivity contribution is 9.10. The Morgan fingerprint density at radius 1 is 1.64 bits per heavy atom. The summed E-state index contributed by atoms with van der Waals surface area (Å²) in [5.41, 5.74) is 0.639. The van der Waals surface area contributed by atoms with Gasteiger partial charge in [0.2, 0.25) is 5.91 Å². The van der Waals surface area contributed by atoms with Crippen LogP contribution in [0.25, 0.3) is 0 Å². The molecular formula is C9H9BrClNOS. The van der Waals surface area contributed by atoms with Gasteiger partial charge in [0.25, 0.3) is 0 Å². The van der Waals surface area contributed by atoms with Crippen LogP contribution in [0.3, 0.4) is 0 Å². The van der Waals surface area contributed by atoms with Gasteiger partial charge in [-0.3, -0.25) is 4.79 Å². The highest BCUT2D eigenvalue weighted by Crippen LogP contribution is 2.25. The molecule has 14 heavy (non-hydrogen) atoms. The summed E-state index contributed by atoms with van der Waals surface area (Å²) in [6.07, 6.45) is 1.88. The fourth-order valence-corrected chi connectivity index (χ4v) is 1.77. The molecule has 0 bridgehead atoms. The standard InChI is InChI=1S/C9H9BrClNOS/c1-14-5-9(13)12-8-4-6(10)2-3-7(8)11/h2-4H,5H2,1H3,(H,12,13). The van der Waals surface area contributed by atoms with Gasteiger partial charge in [0, 0.05) is 4.47 Å². The second kappa shape index (κ2) is 5.63. The van der Waals surface area contributed by atoms with Gasteiger partial charge in [0.05, 0.1) is 16.5 Å². The number of benzene rings is 1. The smallest absolute Gasteiger partial charge is 0.234 e. The molecule has 76 valence electrons. The quantitative estimate of drug-likeness (QED) is 0.925. The first-order valence-corrected chi connectivity index (χ1v) is 6.44. The molecule has 0 aromatic heterocycles. The number of carbonyl (C=O) groups is 1. The minimum atomic E-state index is -0.0440. The Bertz CT molecular complexity index is 346. The zero-order chi connectivity index (χ0) is 10.6. The van der Waals surface area contributed by atoms with E-state index in [0.29, 0.717) is 16.5 Å². The number of thioether (sulfide) groups is 1. The molecular weight excluding hydrogens is 286 g/mol. The fourth-order valence-electron chi connectivity index (χ4n) is 0.911. The van der Waals surface area contributed by atoms with Crippen LogP contribution in [0, 0.1) is 0 Å². The lowest BCUT2D eigenvalue weighted by atomic mass is 10.3. The van der Waals surface area contributed by atoms with E-state index < -0.39 is 0 Å². The number of anilines is 1. The summed E-state index contributed by atoms with van der Waals surface area (Å²) >= 11 is 10.7. The molecule has 0 aliphatic heterocycles. The van der Waals surface area contributed by atoms with E-state index in [1.165, 1.54) is 11.8 Å². The van der Waals surface area contributed by atoms with Gasteiger partial charge in [0.15, 0.2) is 0 Å². The number of halogens is 2. The molecule has 0 radical (unpaired) electrons. The van der Waals surface area contributed by atoms with Gasteiger partial charge < -0.3 is 5.32 Å². The number of amides is 1. The summed E-state index contributed by atoms with van der Waals surface area (Å²) in [5.74, 6) is 0.389. The van der Waals surface area contributed by atoms with Crippen molar-refractivity contribution < 1.29 is 4.79 Å². The molecule has 0 heterocycles. The Morgan fingerprint density at radius 2 is 2.36 bits per heavy atom. The Kier molecular flexibility index (Phi) is 4.78. The molecule has 5 heteroatoms. The summed E-state index contributed by atoms with van der Waals surface area (Å²) < 4.78 is 0.890. The first-order chi connectivity index (χ1) is 6.63. The monoisotopic (exact) mass is 293 g/mol. The van der Waals surface area contributed by atoms with Crippen molar-refractivity contribution in [3.8, 4) is 0 Å². The number of hydrogen-bond acceptors (Lipinski definition) is 2. The van der Waals surface area contributed by atoms with Crippen molar-refractivity contribution in [3.63, 3.8) is 0 Å². The molecule has 0 aliphatic carbocycles. The van der Waals surface area contributed by atoms with Crippen LogP contribution in [0.15, 0.2) is 22.7 Å². The summed E-state index contributed by atoms with van der Waals surface area (Å²) in [6, 6.07) is 5.34. The molecule has 0 saturated heterocycles. The van der Waals surface area contributed by atoms with Crippen molar-refractivity contribution in [1.29, 1.82) is 0 Å². The summed E-state index contributed by atoms with van der Waals surface area (Å²) in [5, 5.41) is 3.27. The van der Waals surface area contributed by atoms with Crippen LogP contribution in [-0.2, 0) is 4.79 Å². The zero-order valence-electron chi connectivity index (χ0n) is 7.51. The average Bonchev–Trinajstić information content (AvgIpc) is 2.12. The van der Waals surface area contributed by atoms with Crippen LogP contribution in [0.4, 0.5) is 5.69 Å². The maximum atomic E-state index is 11.3. The molecule has 0 unspecified atom stereocenters. The van der Waals surface area contributed by atoms with Crippen molar-refractivity contribution in [2.24, 2.45) is 0 Å². The molecule has 0 aliphatic rings. The van der Waals surface area contributed by atoms with Gasteiger partial charge in [0.1, 0.15) is 0 Å². The molecule has 0 saturated carbocycles. The minimum absolute atomic E-state index is 0.0440. The first-order valence-electron chi connectivity index (χ1n) is 3.87. The van der Waals surface area contributed by atoms with Crippen molar-refractivity contribution >= 4 is 50.9 Å². The fraction of sp³-hybridized carbons (Fsp3) is 0.222. The predicted molar refractivity (Wildman–Crippen MR) is 66.2 cm³/mol. The van der Waals surface area contributed by atoms with E-state index in [-0.39, 0.29) is 5.91 Å². The molecule has 1 amide bonds. The van der Waals surface area contributed by atoms with Crippen LogP contribution in [0.1, 0.15) is 0 Å². The van der Waals surface area contributed by atoms with Gasteiger partial charge in [-0.15, -0.1) is 0 Å². The van der Waals surface area contributed by atoms with Gasteiger partial charge in [-0.1, -0.05) is 27.5 Å². The van der Waals surface area contributed by atoms with E-state index in [1.807, 2.05) is 12.3 Å². The molecule has 0 atom stereocenters. The van der Waals surface area contributed by atoms with Crippen molar-refractivity contribution in [3.05, 3.63) is 27.7 Å². The van der Waals surface area contributed by atoms with E-state index in [1.54, 1.807) is 12.1 Å². The van der Waals surface area contributed by atoms with Crippen LogP contribution in [-0.4, -0.2) is 17.9 Å². The largest absolute Gasteiger partial charge is 0.324 e. The molecule has 2 nitrogen and oxygen atoms in total. The summed E-state index contributed by atoms with van der Waals surface area (Å²) in [7, 11) is 0. The molecule has 0 fully saturated rings. The van der Waals surface area contributed by atoms with E-state index in [0.717, 1.165) is 4.47 Å². The number of nitrogens with one attached hydrogen (secondary N) is 1. The van der Waals surface area contributed by atoms with E-state index in [9.17, 15) is 4.79 Å². The van der Waals surface area contributed by atoms with E-state index in [2.05, 4.69) is 21.2 Å². The van der Waals surface area contributed by atoms with Crippen LogP contribution < -0.4 is 5.32 Å². The number of carbonyl (C=O) groups excluding carboxylic acids is 1. The minimum Gasteiger partial charge on any atom is -0.324 e. The first kappa shape index (κ1) is 11.9. The third-order valence-electron chi connectivity index (χ3n) is 1.48. The van der Waals surface area contributed by atoms with Crippen molar-refractivity contribution in [2.75, 3.05) is 17.3 Å². The Morgan fingerprint density at radius 3 is 3.00 bits per heavy atom. The van der Waals surface area contributed by atoms with Gasteiger partial charge in [-0.2, -0.15) is 11.8 Å². The normalized spacial score (nSPS) is 9.93. The third kappa shape index (κ3) is 3.52. The molecule has 1 rings (SSSR count).